The zero-order valence-corrected chi connectivity index (χ0v) is 17.8. The van der Waals surface area contributed by atoms with Crippen LogP contribution >= 0.6 is 0 Å². The van der Waals surface area contributed by atoms with Gasteiger partial charge in [-0.2, -0.15) is 9.97 Å². The Morgan fingerprint density at radius 1 is 0.611 bits per heavy atom. The molecule has 4 aromatic heterocycles. The van der Waals surface area contributed by atoms with Crippen molar-refractivity contribution in [3.63, 3.8) is 0 Å². The molecule has 0 radical (unpaired) electrons. The third-order valence-electron chi connectivity index (χ3n) is 5.06. The molecule has 0 atom stereocenters. The van der Waals surface area contributed by atoms with Crippen molar-refractivity contribution >= 4 is 33.4 Å². The third-order valence-corrected chi connectivity index (χ3v) is 5.06. The normalized spacial score (nSPS) is 11.2. The van der Waals surface area contributed by atoms with Crippen LogP contribution in [0, 0.1) is 0 Å². The van der Waals surface area contributed by atoms with Crippen molar-refractivity contribution in [3.8, 4) is 23.4 Å². The summed E-state index contributed by atoms with van der Waals surface area (Å²) in [4.78, 5) is 65.8. The highest BCUT2D eigenvalue weighted by Crippen LogP contribution is 2.17. The van der Waals surface area contributed by atoms with Crippen LogP contribution in [0.15, 0.2) is 67.0 Å². The molecule has 14 heteroatoms. The number of aromatic nitrogens is 8. The van der Waals surface area contributed by atoms with Gasteiger partial charge in [-0.05, 0) is 24.3 Å². The van der Waals surface area contributed by atoms with Gasteiger partial charge < -0.3 is 8.83 Å². The van der Waals surface area contributed by atoms with E-state index in [1.54, 1.807) is 48.5 Å². The minimum absolute atomic E-state index is 0.133. The molecule has 2 N–H and O–H groups in total. The zero-order valence-electron chi connectivity index (χ0n) is 17.8. The average Bonchev–Trinajstić information content (AvgIpc) is 3.59. The van der Waals surface area contributed by atoms with Gasteiger partial charge in [-0.1, -0.05) is 24.3 Å². The number of carbonyl (C=O) groups is 2. The summed E-state index contributed by atoms with van der Waals surface area (Å²) < 4.78 is 10.3. The Morgan fingerprint density at radius 3 is 1.47 bits per heavy atom. The number of Topliss-reactive ketones (excluding diaryl/α,β-unsaturated/α-hetero) is 2. The van der Waals surface area contributed by atoms with Gasteiger partial charge in [-0.3, -0.25) is 19.8 Å². The maximum Gasteiger partial charge on any atom is 0.347 e. The van der Waals surface area contributed by atoms with Crippen molar-refractivity contribution in [3.05, 3.63) is 81.0 Å². The summed E-state index contributed by atoms with van der Waals surface area (Å²) in [7, 11) is 0. The van der Waals surface area contributed by atoms with E-state index in [4.69, 9.17) is 8.83 Å². The Morgan fingerprint density at radius 2 is 1.03 bits per heavy atom. The minimum atomic E-state index is -1.14. The van der Waals surface area contributed by atoms with E-state index < -0.39 is 34.5 Å². The number of para-hydroxylation sites is 2. The summed E-state index contributed by atoms with van der Waals surface area (Å²) in [6.07, 6.45) is 0. The van der Waals surface area contributed by atoms with Crippen LogP contribution in [0.2, 0.25) is 0 Å². The minimum Gasteiger partial charge on any atom is -0.400 e. The molecule has 0 fully saturated rings. The van der Waals surface area contributed by atoms with Crippen molar-refractivity contribution in [1.29, 1.82) is 0 Å². The number of rotatable bonds is 5. The molecule has 0 spiro atoms. The lowest BCUT2D eigenvalue weighted by atomic mass is 10.2. The number of aromatic amines is 2. The van der Waals surface area contributed by atoms with Gasteiger partial charge in [-0.15, -0.1) is 10.2 Å². The van der Waals surface area contributed by atoms with Crippen LogP contribution in [0.1, 0.15) is 21.2 Å². The largest absolute Gasteiger partial charge is 0.400 e. The van der Waals surface area contributed by atoms with Crippen LogP contribution in [-0.2, 0) is 0 Å². The molecule has 6 rings (SSSR count). The molecule has 0 amide bonds. The van der Waals surface area contributed by atoms with E-state index in [-0.39, 0.29) is 34.2 Å². The van der Waals surface area contributed by atoms with E-state index in [1.807, 2.05) is 0 Å². The lowest BCUT2D eigenvalue weighted by Crippen LogP contribution is -2.17. The van der Waals surface area contributed by atoms with Gasteiger partial charge in [0.1, 0.15) is 0 Å². The number of carbonyl (C=O) groups excluding carboxylic acids is 2. The number of H-pyrrole nitrogens is 2. The summed E-state index contributed by atoms with van der Waals surface area (Å²) in [6.45, 7) is 0. The molecule has 36 heavy (non-hydrogen) atoms. The molecule has 6 aromatic rings. The Kier molecular flexibility index (Phi) is 4.64. The molecule has 4 heterocycles. The first kappa shape index (κ1) is 20.9. The van der Waals surface area contributed by atoms with Gasteiger partial charge >= 0.3 is 11.3 Å². The molecule has 0 aliphatic heterocycles. The summed E-state index contributed by atoms with van der Waals surface area (Å²) in [5.41, 5.74) is -0.603. The van der Waals surface area contributed by atoms with Crippen molar-refractivity contribution in [2.24, 2.45) is 0 Å². The summed E-state index contributed by atoms with van der Waals surface area (Å²) >= 11 is 0. The van der Waals surface area contributed by atoms with Crippen LogP contribution < -0.4 is 11.3 Å². The first-order chi connectivity index (χ1) is 17.5. The number of benzene rings is 2. The Balaban J connectivity index is 1.28. The molecular formula is C22H10N8O6. The second-order valence-corrected chi connectivity index (χ2v) is 7.32. The summed E-state index contributed by atoms with van der Waals surface area (Å²) in [6, 6.07) is 13.0. The van der Waals surface area contributed by atoms with Gasteiger partial charge in [0, 0.05) is 0 Å². The number of hydrogen-bond donors (Lipinski definition) is 2. The lowest BCUT2D eigenvalue weighted by molar-refractivity contribution is 0.0805. The van der Waals surface area contributed by atoms with E-state index in [0.29, 0.717) is 11.0 Å². The van der Waals surface area contributed by atoms with Crippen LogP contribution in [0.25, 0.3) is 45.2 Å². The van der Waals surface area contributed by atoms with Gasteiger partial charge in [0.25, 0.3) is 23.3 Å². The molecular weight excluding hydrogens is 472 g/mol. The maximum atomic E-state index is 12.7. The number of nitrogens with zero attached hydrogens (tertiary/aromatic N) is 6. The van der Waals surface area contributed by atoms with Crippen LogP contribution in [0.3, 0.4) is 0 Å². The van der Waals surface area contributed by atoms with E-state index in [9.17, 15) is 19.2 Å². The highest BCUT2D eigenvalue weighted by atomic mass is 16.4. The first-order valence-electron chi connectivity index (χ1n) is 10.2. The quantitative estimate of drug-likeness (QED) is 0.264. The fraction of sp³-hybridized carbons (Fsp3) is 0. The molecule has 2 aromatic carbocycles. The number of ketones is 2. The van der Waals surface area contributed by atoms with Crippen molar-refractivity contribution in [2.75, 3.05) is 0 Å². The SMILES string of the molecule is O=C(C(=O)c1n[nH]c(-c2nc3ccccc3c(=O)o2)n1)c1n[nH]c(-c2nc3ccccc3c(=O)o2)n1. The Bertz CT molecular complexity index is 1810. The molecule has 174 valence electrons. The predicted octanol–water partition coefficient (Wildman–Crippen LogP) is 1.33. The lowest BCUT2D eigenvalue weighted by Gasteiger charge is -1.97. The summed E-state index contributed by atoms with van der Waals surface area (Å²) in [5.74, 6) is -4.01. The van der Waals surface area contributed by atoms with Crippen molar-refractivity contribution < 1.29 is 18.4 Å². The standard InChI is InChI=1S/C22H10N8O6/c31-13(15-25-17(29-27-15)19-23-11-7-3-1-5-9(11)21(33)35-19)14(32)16-26-18(30-28-16)20-24-12-8-4-2-6-10(12)22(34)36-20/h1-8H,(H,25,27,29)(H,26,28,30). The van der Waals surface area contributed by atoms with Crippen molar-refractivity contribution in [2.45, 2.75) is 0 Å². The average molecular weight is 482 g/mol. The van der Waals surface area contributed by atoms with Gasteiger partial charge in [0.05, 0.1) is 21.8 Å². The number of hydrogen-bond acceptors (Lipinski definition) is 12. The maximum absolute atomic E-state index is 12.7. The van der Waals surface area contributed by atoms with Crippen molar-refractivity contribution in [1.82, 2.24) is 40.3 Å². The van der Waals surface area contributed by atoms with E-state index >= 15 is 0 Å². The second-order valence-electron chi connectivity index (χ2n) is 7.32. The molecule has 0 bridgehead atoms. The molecule has 14 nitrogen and oxygen atoms in total. The first-order valence-corrected chi connectivity index (χ1v) is 10.2. The zero-order chi connectivity index (χ0) is 24.8. The van der Waals surface area contributed by atoms with E-state index in [2.05, 4.69) is 40.3 Å². The van der Waals surface area contributed by atoms with Gasteiger partial charge in [0.2, 0.25) is 23.3 Å². The van der Waals surface area contributed by atoms with E-state index in [1.165, 1.54) is 0 Å². The smallest absolute Gasteiger partial charge is 0.347 e. The highest BCUT2D eigenvalue weighted by molar-refractivity contribution is 6.47. The van der Waals surface area contributed by atoms with Gasteiger partial charge in [0.15, 0.2) is 0 Å². The van der Waals surface area contributed by atoms with Crippen LogP contribution in [0.5, 0.6) is 0 Å². The van der Waals surface area contributed by atoms with Gasteiger partial charge in [-0.25, -0.2) is 19.6 Å². The second kappa shape index (κ2) is 7.98. The number of fused-ring (bicyclic) bond motifs is 2. The monoisotopic (exact) mass is 482 g/mol. The topological polar surface area (TPSA) is 203 Å². The highest BCUT2D eigenvalue weighted by Gasteiger charge is 2.28. The Hall–Kier alpha value is -5.66. The molecule has 0 saturated heterocycles. The fourth-order valence-electron chi connectivity index (χ4n) is 3.36. The predicted molar refractivity (Wildman–Crippen MR) is 120 cm³/mol. The summed E-state index contributed by atoms with van der Waals surface area (Å²) in [5, 5.41) is 12.8. The third kappa shape index (κ3) is 3.45. The van der Waals surface area contributed by atoms with Crippen LogP contribution in [-0.4, -0.2) is 51.9 Å². The molecule has 0 saturated carbocycles. The van der Waals surface area contributed by atoms with E-state index in [0.717, 1.165) is 0 Å². The number of nitrogens with one attached hydrogen (secondary N) is 2. The fourth-order valence-corrected chi connectivity index (χ4v) is 3.36. The van der Waals surface area contributed by atoms with Crippen LogP contribution in [0.4, 0.5) is 0 Å². The molecule has 0 aliphatic rings. The molecule has 0 aliphatic carbocycles. The Labute approximate surface area is 197 Å². The molecule has 0 unspecified atom stereocenters.